The number of nitro groups is 1. The summed E-state index contributed by atoms with van der Waals surface area (Å²) >= 11 is 2.99. The van der Waals surface area contributed by atoms with Gasteiger partial charge in [0.2, 0.25) is 4.80 Å². The summed E-state index contributed by atoms with van der Waals surface area (Å²) in [6.45, 7) is 6.71. The summed E-state index contributed by atoms with van der Waals surface area (Å²) in [7, 11) is 0. The zero-order valence-electron chi connectivity index (χ0n) is 21.1. The molecule has 38 heavy (non-hydrogen) atoms. The van der Waals surface area contributed by atoms with Gasteiger partial charge in [-0.15, -0.1) is 22.7 Å². The molecular weight excluding hydrogens is 518 g/mol. The molecule has 0 unspecified atom stereocenters. The van der Waals surface area contributed by atoms with E-state index in [0.717, 1.165) is 39.0 Å². The van der Waals surface area contributed by atoms with Crippen LogP contribution in [0.15, 0.2) is 87.6 Å². The topological polar surface area (TPSA) is 87.0 Å². The molecule has 0 radical (unpaired) electrons. The Balaban J connectivity index is 1.58. The highest BCUT2D eigenvalue weighted by Crippen LogP contribution is 2.28. The first-order valence-corrected chi connectivity index (χ1v) is 13.7. The lowest BCUT2D eigenvalue weighted by Crippen LogP contribution is -2.11. The Morgan fingerprint density at radius 3 is 2.55 bits per heavy atom. The van der Waals surface area contributed by atoms with Crippen molar-refractivity contribution in [1.82, 2.24) is 9.24 Å². The molecule has 0 bridgehead atoms. The van der Waals surface area contributed by atoms with Gasteiger partial charge < -0.3 is 9.30 Å². The van der Waals surface area contributed by atoms with Gasteiger partial charge in [-0.2, -0.15) is 5.10 Å². The Morgan fingerprint density at radius 2 is 1.84 bits per heavy atom. The largest absolute Gasteiger partial charge is 0.494 e. The first-order valence-electron chi connectivity index (χ1n) is 12.0. The van der Waals surface area contributed by atoms with E-state index >= 15 is 0 Å². The monoisotopic (exact) mass is 543 g/mol. The number of thiazole rings is 1. The van der Waals surface area contributed by atoms with Crippen LogP contribution in [-0.2, 0) is 0 Å². The molecule has 0 amide bonds. The molecule has 0 aliphatic heterocycles. The van der Waals surface area contributed by atoms with Crippen LogP contribution < -0.4 is 9.54 Å². The average Bonchev–Trinajstić information content (AvgIpc) is 3.64. The van der Waals surface area contributed by atoms with Crippen LogP contribution in [0.4, 0.5) is 11.4 Å². The fourth-order valence-electron chi connectivity index (χ4n) is 4.19. The van der Waals surface area contributed by atoms with Crippen LogP contribution in [0.25, 0.3) is 16.3 Å². The number of aryl methyl sites for hydroxylation is 1. The Labute approximate surface area is 227 Å². The molecule has 3 aromatic heterocycles. The number of aromatic nitrogens is 2. The summed E-state index contributed by atoms with van der Waals surface area (Å²) in [6, 6.07) is 20.6. The molecular formula is C28H25N5O3S2. The van der Waals surface area contributed by atoms with E-state index in [-0.39, 0.29) is 11.4 Å². The van der Waals surface area contributed by atoms with E-state index in [1.807, 2.05) is 60.3 Å². The Bertz CT molecular complexity index is 1680. The molecule has 0 atom stereocenters. The maximum Gasteiger partial charge on any atom is 0.294 e. The van der Waals surface area contributed by atoms with Crippen LogP contribution in [0, 0.1) is 24.0 Å². The lowest BCUT2D eigenvalue weighted by Gasteiger charge is -2.11. The van der Waals surface area contributed by atoms with Crippen LogP contribution in [-0.4, -0.2) is 27.0 Å². The minimum atomic E-state index is -0.421. The maximum atomic E-state index is 11.5. The highest BCUT2D eigenvalue weighted by molar-refractivity contribution is 7.14. The third kappa shape index (κ3) is 5.09. The third-order valence-corrected chi connectivity index (χ3v) is 7.65. The van der Waals surface area contributed by atoms with Crippen molar-refractivity contribution in [3.8, 4) is 22.0 Å². The second-order valence-corrected chi connectivity index (χ2v) is 10.2. The van der Waals surface area contributed by atoms with E-state index in [4.69, 9.17) is 9.84 Å². The van der Waals surface area contributed by atoms with Crippen molar-refractivity contribution < 1.29 is 9.66 Å². The van der Waals surface area contributed by atoms with Gasteiger partial charge in [0.15, 0.2) is 0 Å². The smallest absolute Gasteiger partial charge is 0.294 e. The van der Waals surface area contributed by atoms with Gasteiger partial charge in [-0.25, -0.2) is 9.67 Å². The van der Waals surface area contributed by atoms with Crippen LogP contribution >= 0.6 is 22.7 Å². The van der Waals surface area contributed by atoms with E-state index in [1.54, 1.807) is 34.2 Å². The zero-order chi connectivity index (χ0) is 26.6. The maximum absolute atomic E-state index is 11.5. The molecule has 5 aromatic rings. The minimum absolute atomic E-state index is 0.0481. The first-order chi connectivity index (χ1) is 18.5. The summed E-state index contributed by atoms with van der Waals surface area (Å²) in [5.41, 5.74) is 5.23. The standard InChI is InChI=1S/C28H25N5O3S2/c1-4-36-23-13-11-22(12-14-23)31-19(2)16-21(20(31)3)17-29-32-26(27-10-7-15-37-27)18-38-28(32)30-24-8-5-6-9-25(24)33(34)35/h5-18H,4H2,1-3H3. The molecule has 0 N–H and O–H groups in total. The molecule has 5 rings (SSSR count). The number of benzene rings is 2. The number of thiophene rings is 1. The SMILES string of the molecule is CCOc1ccc(-n2c(C)cc(C=Nn3c(-c4cccs4)csc3=Nc3ccccc3[N+](=O)[O-])c2C)cc1. The van der Waals surface area contributed by atoms with Crippen LogP contribution in [0.3, 0.4) is 0 Å². The summed E-state index contributed by atoms with van der Waals surface area (Å²) in [5, 5.41) is 20.3. The number of hydrogen-bond acceptors (Lipinski definition) is 7. The van der Waals surface area contributed by atoms with Gasteiger partial charge in [-0.1, -0.05) is 18.2 Å². The lowest BCUT2D eigenvalue weighted by atomic mass is 10.2. The van der Waals surface area contributed by atoms with E-state index < -0.39 is 4.92 Å². The molecule has 192 valence electrons. The molecule has 0 aliphatic rings. The summed E-state index contributed by atoms with van der Waals surface area (Å²) < 4.78 is 9.50. The zero-order valence-corrected chi connectivity index (χ0v) is 22.7. The Morgan fingerprint density at radius 1 is 1.05 bits per heavy atom. The lowest BCUT2D eigenvalue weighted by molar-refractivity contribution is -0.384. The Hall–Kier alpha value is -4.28. The molecule has 10 heteroatoms. The number of nitrogens with zero attached hydrogens (tertiary/aromatic N) is 5. The predicted octanol–water partition coefficient (Wildman–Crippen LogP) is 7.11. The molecule has 8 nitrogen and oxygen atoms in total. The number of para-hydroxylation sites is 2. The van der Waals surface area contributed by atoms with Crippen LogP contribution in [0.2, 0.25) is 0 Å². The van der Waals surface area contributed by atoms with Gasteiger partial charge in [-0.05, 0) is 68.6 Å². The van der Waals surface area contributed by atoms with E-state index in [0.29, 0.717) is 11.4 Å². The van der Waals surface area contributed by atoms with E-state index in [2.05, 4.69) is 29.5 Å². The highest BCUT2D eigenvalue weighted by Gasteiger charge is 2.15. The third-order valence-electron chi connectivity index (χ3n) is 5.94. The van der Waals surface area contributed by atoms with Crippen molar-refractivity contribution in [1.29, 1.82) is 0 Å². The minimum Gasteiger partial charge on any atom is -0.494 e. The van der Waals surface area contributed by atoms with Crippen LogP contribution in [0.5, 0.6) is 5.75 Å². The summed E-state index contributed by atoms with van der Waals surface area (Å²) in [6.07, 6.45) is 1.82. The van der Waals surface area contributed by atoms with Crippen molar-refractivity contribution in [2.45, 2.75) is 20.8 Å². The van der Waals surface area contributed by atoms with Crippen molar-refractivity contribution in [3.63, 3.8) is 0 Å². The molecule has 0 saturated carbocycles. The Kier molecular flexibility index (Phi) is 7.34. The molecule has 0 aliphatic carbocycles. The van der Waals surface area contributed by atoms with Gasteiger partial charge in [-0.3, -0.25) is 10.1 Å². The second-order valence-electron chi connectivity index (χ2n) is 8.38. The molecule has 2 aromatic carbocycles. The molecule has 3 heterocycles. The average molecular weight is 544 g/mol. The van der Waals surface area contributed by atoms with Crippen molar-refractivity contribution in [2.75, 3.05) is 6.61 Å². The number of ether oxygens (including phenoxy) is 1. The molecule has 0 fully saturated rings. The van der Waals surface area contributed by atoms with Gasteiger partial charge in [0.05, 0.1) is 28.3 Å². The second kappa shape index (κ2) is 11.0. The highest BCUT2D eigenvalue weighted by atomic mass is 32.1. The van der Waals surface area contributed by atoms with Crippen molar-refractivity contribution in [2.24, 2.45) is 10.1 Å². The van der Waals surface area contributed by atoms with Crippen molar-refractivity contribution in [3.05, 3.63) is 109 Å². The number of nitro benzene ring substituents is 1. The van der Waals surface area contributed by atoms with Crippen LogP contribution in [0.1, 0.15) is 23.9 Å². The molecule has 0 spiro atoms. The summed E-state index contributed by atoms with van der Waals surface area (Å²) in [5.74, 6) is 0.838. The van der Waals surface area contributed by atoms with Gasteiger partial charge in [0, 0.05) is 34.1 Å². The fourth-order valence-corrected chi connectivity index (χ4v) is 5.84. The quantitative estimate of drug-likeness (QED) is 0.119. The normalized spacial score (nSPS) is 11.9. The van der Waals surface area contributed by atoms with Gasteiger partial charge in [0.25, 0.3) is 5.69 Å². The molecule has 0 saturated heterocycles. The summed E-state index contributed by atoms with van der Waals surface area (Å²) in [4.78, 5) is 17.3. The van der Waals surface area contributed by atoms with Gasteiger partial charge in [0.1, 0.15) is 11.4 Å². The predicted molar refractivity (Wildman–Crippen MR) is 153 cm³/mol. The van der Waals surface area contributed by atoms with Crippen molar-refractivity contribution >= 4 is 40.3 Å². The fraction of sp³-hybridized carbons (Fsp3) is 0.143. The first kappa shape index (κ1) is 25.4. The van der Waals surface area contributed by atoms with Gasteiger partial charge >= 0.3 is 0 Å². The van der Waals surface area contributed by atoms with E-state index in [9.17, 15) is 10.1 Å². The van der Waals surface area contributed by atoms with E-state index in [1.165, 1.54) is 17.4 Å². The number of hydrogen-bond donors (Lipinski definition) is 0. The number of rotatable bonds is 8.